The van der Waals surface area contributed by atoms with Crippen LogP contribution in [0, 0.1) is 5.41 Å². The normalized spacial score (nSPS) is 14.8. The van der Waals surface area contributed by atoms with Gasteiger partial charge in [-0.05, 0) is 57.6 Å². The first-order valence-corrected chi connectivity index (χ1v) is 15.8. The Hall–Kier alpha value is -3.48. The van der Waals surface area contributed by atoms with Crippen molar-refractivity contribution in [3.63, 3.8) is 0 Å². The number of ether oxygens (including phenoxy) is 1. The monoisotopic (exact) mass is 596 g/mol. The summed E-state index contributed by atoms with van der Waals surface area (Å²) in [7, 11) is 2.40. The molecular weight excluding hydrogens is 552 g/mol. The van der Waals surface area contributed by atoms with Crippen molar-refractivity contribution < 1.29 is 13.2 Å². The molecule has 228 valence electrons. The third kappa shape index (κ3) is 7.87. The molecule has 1 saturated heterocycles. The maximum absolute atomic E-state index is 12.8. The average molecular weight is 597 g/mol. The molecule has 1 aromatic heterocycles. The van der Waals surface area contributed by atoms with Crippen molar-refractivity contribution in [3.8, 4) is 5.75 Å². The molecule has 0 radical (unpaired) electrons. The van der Waals surface area contributed by atoms with Crippen LogP contribution >= 0.6 is 0 Å². The van der Waals surface area contributed by atoms with Crippen molar-refractivity contribution >= 4 is 38.8 Å². The molecule has 1 aliphatic heterocycles. The van der Waals surface area contributed by atoms with E-state index in [0.717, 1.165) is 45.0 Å². The first kappa shape index (κ1) is 31.5. The van der Waals surface area contributed by atoms with Gasteiger partial charge in [-0.3, -0.25) is 4.90 Å². The van der Waals surface area contributed by atoms with Gasteiger partial charge in [0.1, 0.15) is 12.1 Å². The quantitative estimate of drug-likeness (QED) is 0.312. The van der Waals surface area contributed by atoms with E-state index in [9.17, 15) is 8.42 Å². The first-order valence-electron chi connectivity index (χ1n) is 14.2. The molecule has 0 atom stereocenters. The zero-order valence-electron chi connectivity index (χ0n) is 25.8. The van der Waals surface area contributed by atoms with Gasteiger partial charge >= 0.3 is 0 Å². The highest BCUT2D eigenvalue weighted by molar-refractivity contribution is 7.92. The van der Waals surface area contributed by atoms with Gasteiger partial charge in [0, 0.05) is 51.0 Å². The lowest BCUT2D eigenvalue weighted by atomic mass is 9.92. The number of para-hydroxylation sites is 1. The van der Waals surface area contributed by atoms with Gasteiger partial charge in [0.25, 0.3) is 0 Å². The van der Waals surface area contributed by atoms with Gasteiger partial charge in [0.15, 0.2) is 9.84 Å². The largest absolute Gasteiger partial charge is 0.494 e. The van der Waals surface area contributed by atoms with Crippen LogP contribution in [-0.4, -0.2) is 98.9 Å². The van der Waals surface area contributed by atoms with E-state index in [1.165, 1.54) is 6.33 Å². The molecule has 12 heteroatoms. The number of sulfone groups is 1. The summed E-state index contributed by atoms with van der Waals surface area (Å²) >= 11 is 0. The molecule has 3 aromatic rings. The lowest BCUT2D eigenvalue weighted by molar-refractivity contribution is 0.139. The van der Waals surface area contributed by atoms with Crippen LogP contribution in [0.3, 0.4) is 0 Å². The summed E-state index contributed by atoms with van der Waals surface area (Å²) in [6.45, 7) is 14.0. The van der Waals surface area contributed by atoms with Crippen molar-refractivity contribution in [2.24, 2.45) is 5.41 Å². The van der Waals surface area contributed by atoms with Crippen molar-refractivity contribution in [1.82, 2.24) is 24.8 Å². The van der Waals surface area contributed by atoms with E-state index >= 15 is 0 Å². The molecule has 0 aliphatic carbocycles. The number of rotatable bonds is 12. The molecule has 4 rings (SSSR count). The number of anilines is 5. The van der Waals surface area contributed by atoms with E-state index in [2.05, 4.69) is 74.3 Å². The SMILES string of the molecule is COc1cc(N2CCN(CC(C)(C)CN(C)C)CC2)ccc1Nc1ncnc(Nc2ccccc2S(=O)(=O)C(C)C)n1. The Morgan fingerprint density at radius 2 is 1.62 bits per heavy atom. The topological polar surface area (TPSA) is 116 Å². The number of hydrogen-bond donors (Lipinski definition) is 2. The van der Waals surface area contributed by atoms with Crippen LogP contribution in [0.1, 0.15) is 27.7 Å². The highest BCUT2D eigenvalue weighted by Crippen LogP contribution is 2.33. The number of hydrogen-bond acceptors (Lipinski definition) is 11. The molecule has 0 spiro atoms. The molecule has 1 aliphatic rings. The Bertz CT molecular complexity index is 1450. The molecule has 0 unspecified atom stereocenters. The molecule has 2 heterocycles. The van der Waals surface area contributed by atoms with Crippen LogP contribution in [0.4, 0.5) is 29.0 Å². The van der Waals surface area contributed by atoms with Crippen LogP contribution < -0.4 is 20.3 Å². The zero-order valence-corrected chi connectivity index (χ0v) is 26.6. The number of nitrogens with zero attached hydrogens (tertiary/aromatic N) is 6. The molecule has 0 saturated carbocycles. The average Bonchev–Trinajstić information content (AvgIpc) is 2.93. The number of nitrogens with one attached hydrogen (secondary N) is 2. The second kappa shape index (κ2) is 13.2. The lowest BCUT2D eigenvalue weighted by Gasteiger charge is -2.40. The summed E-state index contributed by atoms with van der Waals surface area (Å²) in [5, 5.41) is 5.70. The predicted octanol–water partition coefficient (Wildman–Crippen LogP) is 4.26. The summed E-state index contributed by atoms with van der Waals surface area (Å²) in [6.07, 6.45) is 1.37. The highest BCUT2D eigenvalue weighted by Gasteiger charge is 2.26. The van der Waals surface area contributed by atoms with E-state index in [0.29, 0.717) is 23.1 Å². The Morgan fingerprint density at radius 3 is 2.24 bits per heavy atom. The third-order valence-electron chi connectivity index (χ3n) is 7.20. The maximum atomic E-state index is 12.8. The van der Waals surface area contributed by atoms with Gasteiger partial charge in [-0.1, -0.05) is 26.0 Å². The van der Waals surface area contributed by atoms with Gasteiger partial charge in [-0.15, -0.1) is 0 Å². The molecule has 11 nitrogen and oxygen atoms in total. The van der Waals surface area contributed by atoms with Gasteiger partial charge in [-0.2, -0.15) is 4.98 Å². The Balaban J connectivity index is 1.43. The molecule has 1 fully saturated rings. The fourth-order valence-electron chi connectivity index (χ4n) is 5.39. The highest BCUT2D eigenvalue weighted by atomic mass is 32.2. The second-order valence-electron chi connectivity index (χ2n) is 12.0. The Labute approximate surface area is 250 Å². The van der Waals surface area contributed by atoms with Gasteiger partial charge < -0.3 is 25.2 Å². The summed E-state index contributed by atoms with van der Waals surface area (Å²) in [5.41, 5.74) is 2.46. The summed E-state index contributed by atoms with van der Waals surface area (Å²) in [4.78, 5) is 20.3. The zero-order chi connectivity index (χ0) is 30.5. The molecule has 2 N–H and O–H groups in total. The van der Waals surface area contributed by atoms with Gasteiger partial charge in [0.2, 0.25) is 11.9 Å². The van der Waals surface area contributed by atoms with E-state index in [4.69, 9.17) is 4.74 Å². The number of benzene rings is 2. The minimum absolute atomic E-state index is 0.199. The number of aromatic nitrogens is 3. The molecule has 42 heavy (non-hydrogen) atoms. The van der Waals surface area contributed by atoms with E-state index in [1.807, 2.05) is 12.1 Å². The minimum Gasteiger partial charge on any atom is -0.494 e. The van der Waals surface area contributed by atoms with Crippen LogP contribution in [0.25, 0.3) is 0 Å². The van der Waals surface area contributed by atoms with E-state index in [1.54, 1.807) is 45.2 Å². The third-order valence-corrected chi connectivity index (χ3v) is 9.41. The fraction of sp³-hybridized carbons (Fsp3) is 0.500. The maximum Gasteiger partial charge on any atom is 0.232 e. The van der Waals surface area contributed by atoms with Gasteiger partial charge in [0.05, 0.1) is 28.6 Å². The summed E-state index contributed by atoms with van der Waals surface area (Å²) in [5.74, 6) is 1.20. The lowest BCUT2D eigenvalue weighted by Crippen LogP contribution is -2.50. The fourth-order valence-corrected chi connectivity index (χ4v) is 6.59. The Kier molecular flexibility index (Phi) is 9.90. The van der Waals surface area contributed by atoms with Crippen molar-refractivity contribution in [1.29, 1.82) is 0 Å². The second-order valence-corrected chi connectivity index (χ2v) is 14.5. The van der Waals surface area contributed by atoms with Crippen LogP contribution in [0.5, 0.6) is 5.75 Å². The number of piperazine rings is 1. The minimum atomic E-state index is -3.50. The van der Waals surface area contributed by atoms with Crippen molar-refractivity contribution in [3.05, 3.63) is 48.8 Å². The smallest absolute Gasteiger partial charge is 0.232 e. The summed E-state index contributed by atoms with van der Waals surface area (Å²) in [6, 6.07) is 12.8. The van der Waals surface area contributed by atoms with Crippen molar-refractivity contribution in [2.75, 3.05) is 76.0 Å². The van der Waals surface area contributed by atoms with Crippen LogP contribution in [-0.2, 0) is 9.84 Å². The Morgan fingerprint density at radius 1 is 0.976 bits per heavy atom. The molecular formula is C30H44N8O3S. The van der Waals surface area contributed by atoms with Gasteiger partial charge in [-0.25, -0.2) is 18.4 Å². The molecule has 0 bridgehead atoms. The van der Waals surface area contributed by atoms with Crippen LogP contribution in [0.15, 0.2) is 53.7 Å². The van der Waals surface area contributed by atoms with E-state index in [-0.39, 0.29) is 16.3 Å². The summed E-state index contributed by atoms with van der Waals surface area (Å²) < 4.78 is 31.4. The predicted molar refractivity (Wildman–Crippen MR) is 169 cm³/mol. The number of methoxy groups -OCH3 is 1. The van der Waals surface area contributed by atoms with E-state index < -0.39 is 15.1 Å². The first-order chi connectivity index (χ1) is 19.9. The van der Waals surface area contributed by atoms with Crippen molar-refractivity contribution in [2.45, 2.75) is 37.8 Å². The standard InChI is InChI=1S/C30H44N8O3S/c1-22(2)42(39,40)27-11-9-8-10-25(27)34-29-32-21-31-28(35-29)33-24-13-12-23(18-26(24)41-7)38-16-14-37(15-17-38)20-30(3,4)19-36(5)6/h8-13,18,21-22H,14-17,19-20H2,1-7H3,(H2,31,32,33,34,35). The van der Waals surface area contributed by atoms with Crippen LogP contribution in [0.2, 0.25) is 0 Å². The molecule has 0 amide bonds. The molecule has 2 aromatic carbocycles.